The Labute approximate surface area is 208 Å². The topological polar surface area (TPSA) is 73.9 Å². The lowest BCUT2D eigenvalue weighted by molar-refractivity contribution is -0.142. The van der Waals surface area contributed by atoms with Crippen LogP contribution in [-0.4, -0.2) is 25.1 Å². The highest BCUT2D eigenvalue weighted by molar-refractivity contribution is 6.35. The fourth-order valence-corrected chi connectivity index (χ4v) is 3.35. The summed E-state index contributed by atoms with van der Waals surface area (Å²) in [7, 11) is 0. The fraction of sp³-hybridized carbons (Fsp3) is 0.154. The van der Waals surface area contributed by atoms with E-state index in [-0.39, 0.29) is 6.61 Å². The summed E-state index contributed by atoms with van der Waals surface area (Å²) in [6, 6.07) is 19.3. The number of ether oxygens (including phenoxy) is 3. The number of halogens is 2. The zero-order chi connectivity index (χ0) is 24.3. The minimum atomic E-state index is -0.629. The molecule has 6 nitrogen and oxygen atoms in total. The zero-order valence-electron chi connectivity index (χ0n) is 18.4. The second-order valence-electron chi connectivity index (χ2n) is 7.00. The van der Waals surface area contributed by atoms with Gasteiger partial charge >= 0.3 is 5.97 Å². The predicted molar refractivity (Wildman–Crippen MR) is 133 cm³/mol. The molecule has 0 aromatic heterocycles. The molecule has 3 aromatic carbocycles. The molecule has 0 spiro atoms. The van der Waals surface area contributed by atoms with Crippen molar-refractivity contribution in [1.82, 2.24) is 0 Å². The SMILES string of the molecule is CCOc1ccc(NC(=O)COC(=O)/C=C/c2ccc(OCc3c(Cl)cccc3Cl)cc2)cc1. The molecule has 0 fully saturated rings. The second kappa shape index (κ2) is 12.7. The molecule has 0 aliphatic heterocycles. The van der Waals surface area contributed by atoms with Gasteiger partial charge in [-0.25, -0.2) is 4.79 Å². The molecule has 0 aliphatic carbocycles. The van der Waals surface area contributed by atoms with Gasteiger partial charge in [0.2, 0.25) is 0 Å². The molecule has 0 saturated heterocycles. The molecule has 0 radical (unpaired) electrons. The first kappa shape index (κ1) is 25.1. The minimum Gasteiger partial charge on any atom is -0.494 e. The highest BCUT2D eigenvalue weighted by Crippen LogP contribution is 2.26. The largest absolute Gasteiger partial charge is 0.494 e. The maximum absolute atomic E-state index is 12.0. The minimum absolute atomic E-state index is 0.235. The number of carbonyl (C=O) groups excluding carboxylic acids is 2. The van der Waals surface area contributed by atoms with Crippen molar-refractivity contribution in [3.05, 3.63) is 94.0 Å². The van der Waals surface area contributed by atoms with Crippen molar-refractivity contribution in [3.63, 3.8) is 0 Å². The molecule has 3 aromatic rings. The van der Waals surface area contributed by atoms with Gasteiger partial charge in [0.25, 0.3) is 5.91 Å². The molecule has 0 bridgehead atoms. The maximum Gasteiger partial charge on any atom is 0.331 e. The standard InChI is InChI=1S/C26H23Cl2NO5/c1-2-32-20-13-9-19(10-14-20)29-25(30)17-34-26(31)15-8-18-6-11-21(12-7-18)33-16-22-23(27)4-3-5-24(22)28/h3-15H,2,16-17H2,1H3,(H,29,30)/b15-8+. The average molecular weight is 500 g/mol. The molecule has 0 heterocycles. The summed E-state index contributed by atoms with van der Waals surface area (Å²) in [5, 5.41) is 3.73. The van der Waals surface area contributed by atoms with Gasteiger partial charge in [0.05, 0.1) is 6.61 Å². The quantitative estimate of drug-likeness (QED) is 0.266. The Morgan fingerprint density at radius 3 is 2.15 bits per heavy atom. The number of anilines is 1. The number of hydrogen-bond donors (Lipinski definition) is 1. The van der Waals surface area contributed by atoms with E-state index in [0.29, 0.717) is 39.4 Å². The van der Waals surface area contributed by atoms with E-state index in [9.17, 15) is 9.59 Å². The number of carbonyl (C=O) groups is 2. The lowest BCUT2D eigenvalue weighted by Crippen LogP contribution is -2.20. The van der Waals surface area contributed by atoms with Crippen LogP contribution in [0.25, 0.3) is 6.08 Å². The van der Waals surface area contributed by atoms with E-state index in [4.69, 9.17) is 37.4 Å². The average Bonchev–Trinajstić information content (AvgIpc) is 2.83. The number of benzene rings is 3. The van der Waals surface area contributed by atoms with E-state index in [2.05, 4.69) is 5.32 Å². The molecule has 34 heavy (non-hydrogen) atoms. The fourth-order valence-electron chi connectivity index (χ4n) is 2.85. The van der Waals surface area contributed by atoms with Crippen LogP contribution in [0.5, 0.6) is 11.5 Å². The highest BCUT2D eigenvalue weighted by atomic mass is 35.5. The number of nitrogens with one attached hydrogen (secondary N) is 1. The van der Waals surface area contributed by atoms with E-state index in [1.807, 2.05) is 6.92 Å². The molecule has 3 rings (SSSR count). The summed E-state index contributed by atoms with van der Waals surface area (Å²) >= 11 is 12.3. The Morgan fingerprint density at radius 1 is 0.882 bits per heavy atom. The Morgan fingerprint density at radius 2 is 1.50 bits per heavy atom. The van der Waals surface area contributed by atoms with Crippen LogP contribution in [0.15, 0.2) is 72.8 Å². The first-order chi connectivity index (χ1) is 16.4. The molecule has 1 amide bonds. The smallest absolute Gasteiger partial charge is 0.331 e. The third-order valence-electron chi connectivity index (χ3n) is 4.53. The van der Waals surface area contributed by atoms with Crippen molar-refractivity contribution >= 4 is 46.8 Å². The summed E-state index contributed by atoms with van der Waals surface area (Å²) in [4.78, 5) is 23.9. The van der Waals surface area contributed by atoms with Crippen LogP contribution < -0.4 is 14.8 Å². The van der Waals surface area contributed by atoms with Gasteiger partial charge in [0.15, 0.2) is 6.61 Å². The summed E-state index contributed by atoms with van der Waals surface area (Å²) in [6.45, 7) is 2.29. The number of esters is 1. The summed E-state index contributed by atoms with van der Waals surface area (Å²) in [5.41, 5.74) is 2.06. The monoisotopic (exact) mass is 499 g/mol. The van der Waals surface area contributed by atoms with Crippen LogP contribution in [0.1, 0.15) is 18.1 Å². The Hall–Kier alpha value is -3.48. The van der Waals surface area contributed by atoms with E-state index in [1.54, 1.807) is 72.8 Å². The molecule has 0 atom stereocenters. The maximum atomic E-state index is 12.0. The highest BCUT2D eigenvalue weighted by Gasteiger charge is 2.07. The number of hydrogen-bond acceptors (Lipinski definition) is 5. The van der Waals surface area contributed by atoms with Crippen molar-refractivity contribution in [2.45, 2.75) is 13.5 Å². The van der Waals surface area contributed by atoms with E-state index in [0.717, 1.165) is 5.56 Å². The van der Waals surface area contributed by atoms with Crippen LogP contribution in [0.2, 0.25) is 10.0 Å². The van der Waals surface area contributed by atoms with Gasteiger partial charge in [-0.1, -0.05) is 41.4 Å². The third-order valence-corrected chi connectivity index (χ3v) is 5.24. The van der Waals surface area contributed by atoms with Gasteiger partial charge in [-0.3, -0.25) is 4.79 Å². The van der Waals surface area contributed by atoms with Gasteiger partial charge in [0, 0.05) is 27.4 Å². The van der Waals surface area contributed by atoms with Crippen molar-refractivity contribution in [2.24, 2.45) is 0 Å². The number of rotatable bonds is 10. The molecule has 0 aliphatic rings. The Kier molecular flexibility index (Phi) is 9.38. The molecule has 0 saturated carbocycles. The van der Waals surface area contributed by atoms with Crippen molar-refractivity contribution in [2.75, 3.05) is 18.5 Å². The first-order valence-electron chi connectivity index (χ1n) is 10.5. The molecule has 1 N–H and O–H groups in total. The van der Waals surface area contributed by atoms with Crippen molar-refractivity contribution in [1.29, 1.82) is 0 Å². The van der Waals surface area contributed by atoms with Crippen LogP contribution in [0.3, 0.4) is 0 Å². The summed E-state index contributed by atoms with van der Waals surface area (Å²) < 4.78 is 16.1. The summed E-state index contributed by atoms with van der Waals surface area (Å²) in [5.74, 6) is 0.268. The van der Waals surface area contributed by atoms with Gasteiger partial charge in [-0.15, -0.1) is 0 Å². The molecule has 8 heteroatoms. The van der Waals surface area contributed by atoms with Crippen molar-refractivity contribution < 1.29 is 23.8 Å². The lowest BCUT2D eigenvalue weighted by Gasteiger charge is -2.09. The van der Waals surface area contributed by atoms with Crippen molar-refractivity contribution in [3.8, 4) is 11.5 Å². The predicted octanol–water partition coefficient (Wildman–Crippen LogP) is 6.17. The second-order valence-corrected chi connectivity index (χ2v) is 7.82. The first-order valence-corrected chi connectivity index (χ1v) is 11.2. The van der Waals surface area contributed by atoms with Crippen LogP contribution in [0, 0.1) is 0 Å². The van der Waals surface area contributed by atoms with E-state index < -0.39 is 18.5 Å². The molecular weight excluding hydrogens is 477 g/mol. The Balaban J connectivity index is 1.43. The van der Waals surface area contributed by atoms with Gasteiger partial charge < -0.3 is 19.5 Å². The normalized spacial score (nSPS) is 10.7. The summed E-state index contributed by atoms with van der Waals surface area (Å²) in [6.07, 6.45) is 2.84. The van der Waals surface area contributed by atoms with Crippen LogP contribution in [-0.2, 0) is 20.9 Å². The van der Waals surface area contributed by atoms with Crippen LogP contribution >= 0.6 is 23.2 Å². The third kappa shape index (κ3) is 7.83. The molecular formula is C26H23Cl2NO5. The molecule has 176 valence electrons. The van der Waals surface area contributed by atoms with Gasteiger partial charge in [-0.2, -0.15) is 0 Å². The zero-order valence-corrected chi connectivity index (χ0v) is 19.9. The lowest BCUT2D eigenvalue weighted by atomic mass is 10.2. The van der Waals surface area contributed by atoms with E-state index >= 15 is 0 Å². The molecule has 0 unspecified atom stereocenters. The Bertz CT molecular complexity index is 1120. The van der Waals surface area contributed by atoms with Gasteiger partial charge in [0.1, 0.15) is 18.1 Å². The van der Waals surface area contributed by atoms with Gasteiger partial charge in [-0.05, 0) is 67.1 Å². The van der Waals surface area contributed by atoms with Crippen LogP contribution in [0.4, 0.5) is 5.69 Å². The number of amides is 1. The van der Waals surface area contributed by atoms with E-state index in [1.165, 1.54) is 6.08 Å².